The molecule has 0 aliphatic rings. The number of nitrogens with zero attached hydrogens (tertiary/aromatic N) is 1. The van der Waals surface area contributed by atoms with E-state index < -0.39 is 17.6 Å². The van der Waals surface area contributed by atoms with E-state index in [0.717, 1.165) is 12.1 Å². The Hall–Kier alpha value is -2.02. The Balaban J connectivity index is 1.96. The third kappa shape index (κ3) is 3.72. The molecule has 0 atom stereocenters. The predicted molar refractivity (Wildman–Crippen MR) is 67.1 cm³/mol. The Morgan fingerprint density at radius 3 is 2.84 bits per heavy atom. The van der Waals surface area contributed by atoms with E-state index in [1.165, 1.54) is 17.4 Å². The number of carboxylic acid groups (broad SMARTS) is 1. The number of hydrogen-bond donors (Lipinski definition) is 2. The zero-order valence-electron chi connectivity index (χ0n) is 9.69. The maximum atomic E-state index is 13.0. The molecule has 2 aromatic rings. The topological polar surface area (TPSA) is 62.2 Å². The summed E-state index contributed by atoms with van der Waals surface area (Å²) in [6.45, 7) is 0.289. The highest BCUT2D eigenvalue weighted by molar-refractivity contribution is 7.13. The number of anilines is 1. The van der Waals surface area contributed by atoms with Gasteiger partial charge in [0.15, 0.2) is 16.8 Å². The molecule has 1 heterocycles. The van der Waals surface area contributed by atoms with E-state index >= 15 is 0 Å². The van der Waals surface area contributed by atoms with Crippen molar-refractivity contribution >= 4 is 22.4 Å². The van der Waals surface area contributed by atoms with Crippen molar-refractivity contribution < 1.29 is 18.7 Å². The third-order valence-electron chi connectivity index (χ3n) is 2.31. The molecular formula is C12H10F2N2O2S. The largest absolute Gasteiger partial charge is 0.481 e. The molecule has 0 spiro atoms. The van der Waals surface area contributed by atoms with E-state index in [0.29, 0.717) is 16.4 Å². The highest BCUT2D eigenvalue weighted by atomic mass is 32.1. The molecule has 0 aliphatic heterocycles. The number of benzene rings is 1. The van der Waals surface area contributed by atoms with Crippen molar-refractivity contribution in [1.82, 2.24) is 4.98 Å². The summed E-state index contributed by atoms with van der Waals surface area (Å²) in [5, 5.41) is 13.7. The maximum Gasteiger partial charge on any atom is 0.309 e. The molecule has 0 bridgehead atoms. The molecule has 0 saturated heterocycles. The van der Waals surface area contributed by atoms with E-state index in [1.807, 2.05) is 0 Å². The predicted octanol–water partition coefficient (Wildman–Crippen LogP) is 2.66. The van der Waals surface area contributed by atoms with Crippen LogP contribution in [0.1, 0.15) is 11.3 Å². The van der Waals surface area contributed by atoms with Crippen LogP contribution in [0, 0.1) is 11.6 Å². The molecule has 0 saturated carbocycles. The van der Waals surface area contributed by atoms with Gasteiger partial charge in [-0.2, -0.15) is 0 Å². The molecule has 4 nitrogen and oxygen atoms in total. The Morgan fingerprint density at radius 1 is 1.37 bits per heavy atom. The molecule has 1 aromatic heterocycles. The Bertz CT molecular complexity index is 601. The molecule has 19 heavy (non-hydrogen) atoms. The lowest BCUT2D eigenvalue weighted by atomic mass is 10.2. The summed E-state index contributed by atoms with van der Waals surface area (Å²) < 4.78 is 25.7. The van der Waals surface area contributed by atoms with Crippen molar-refractivity contribution in [2.45, 2.75) is 13.0 Å². The Kier molecular flexibility index (Phi) is 4.06. The number of aliphatic carboxylic acids is 1. The lowest BCUT2D eigenvalue weighted by Gasteiger charge is -2.03. The molecule has 7 heteroatoms. The van der Waals surface area contributed by atoms with Crippen molar-refractivity contribution in [2.24, 2.45) is 0 Å². The zero-order valence-corrected chi connectivity index (χ0v) is 10.5. The van der Waals surface area contributed by atoms with Gasteiger partial charge in [-0.3, -0.25) is 4.79 Å². The maximum absolute atomic E-state index is 13.0. The van der Waals surface area contributed by atoms with Crippen LogP contribution in [-0.2, 0) is 17.8 Å². The summed E-state index contributed by atoms with van der Waals surface area (Å²) in [5.41, 5.74) is 1.04. The molecule has 0 radical (unpaired) electrons. The first kappa shape index (κ1) is 13.4. The highest BCUT2D eigenvalue weighted by Crippen LogP contribution is 2.17. The van der Waals surface area contributed by atoms with E-state index in [2.05, 4.69) is 10.3 Å². The van der Waals surface area contributed by atoms with Gasteiger partial charge < -0.3 is 10.4 Å². The van der Waals surface area contributed by atoms with Gasteiger partial charge >= 0.3 is 5.97 Å². The molecule has 0 aliphatic carbocycles. The summed E-state index contributed by atoms with van der Waals surface area (Å²) in [6.07, 6.45) is -0.136. The minimum Gasteiger partial charge on any atom is -0.481 e. The summed E-state index contributed by atoms with van der Waals surface area (Å²) in [7, 11) is 0. The molecule has 2 rings (SSSR count). The second-order valence-electron chi connectivity index (χ2n) is 3.82. The number of aromatic nitrogens is 1. The zero-order chi connectivity index (χ0) is 13.8. The van der Waals surface area contributed by atoms with Crippen molar-refractivity contribution in [3.05, 3.63) is 46.5 Å². The van der Waals surface area contributed by atoms with Crippen molar-refractivity contribution in [3.63, 3.8) is 0 Å². The van der Waals surface area contributed by atoms with Crippen LogP contribution >= 0.6 is 11.3 Å². The molecule has 1 aromatic carbocycles. The lowest BCUT2D eigenvalue weighted by molar-refractivity contribution is -0.136. The minimum absolute atomic E-state index is 0.136. The fourth-order valence-electron chi connectivity index (χ4n) is 1.45. The van der Waals surface area contributed by atoms with Crippen molar-refractivity contribution in [1.29, 1.82) is 0 Å². The molecule has 0 unspecified atom stereocenters. The normalized spacial score (nSPS) is 10.4. The second kappa shape index (κ2) is 5.75. The van der Waals surface area contributed by atoms with Gasteiger partial charge in [-0.25, -0.2) is 13.8 Å². The number of halogens is 2. The monoisotopic (exact) mass is 284 g/mol. The third-order valence-corrected chi connectivity index (χ3v) is 3.16. The van der Waals surface area contributed by atoms with E-state index in [9.17, 15) is 13.6 Å². The Morgan fingerprint density at radius 2 is 2.16 bits per heavy atom. The van der Waals surface area contributed by atoms with Crippen LogP contribution in [0.25, 0.3) is 0 Å². The molecule has 0 fully saturated rings. The van der Waals surface area contributed by atoms with Crippen LogP contribution in [0.4, 0.5) is 13.9 Å². The van der Waals surface area contributed by atoms with Crippen LogP contribution in [0.2, 0.25) is 0 Å². The quantitative estimate of drug-likeness (QED) is 0.886. The average molecular weight is 284 g/mol. The van der Waals surface area contributed by atoms with Gasteiger partial charge in [0.25, 0.3) is 0 Å². The fourth-order valence-corrected chi connectivity index (χ4v) is 2.16. The summed E-state index contributed by atoms with van der Waals surface area (Å²) in [6, 6.07) is 3.63. The number of nitrogens with one attached hydrogen (secondary N) is 1. The van der Waals surface area contributed by atoms with E-state index in [1.54, 1.807) is 5.38 Å². The summed E-state index contributed by atoms with van der Waals surface area (Å²) >= 11 is 1.26. The highest BCUT2D eigenvalue weighted by Gasteiger charge is 2.07. The lowest BCUT2D eigenvalue weighted by Crippen LogP contribution is -2.02. The first-order valence-electron chi connectivity index (χ1n) is 5.38. The second-order valence-corrected chi connectivity index (χ2v) is 4.67. The molecule has 100 valence electrons. The minimum atomic E-state index is -0.947. The van der Waals surface area contributed by atoms with Gasteiger partial charge in [0.1, 0.15) is 0 Å². The van der Waals surface area contributed by atoms with Crippen LogP contribution in [0.5, 0.6) is 0 Å². The van der Waals surface area contributed by atoms with Gasteiger partial charge in [-0.1, -0.05) is 6.07 Å². The van der Waals surface area contributed by atoms with E-state index in [-0.39, 0.29) is 13.0 Å². The number of carboxylic acids is 1. The Labute approximate surface area is 111 Å². The standard InChI is InChI=1S/C12H10F2N2O2S/c13-9-2-1-7(3-10(9)14)5-15-12-16-8(6-19-12)4-11(17)18/h1-3,6H,4-5H2,(H,15,16)(H,17,18). The van der Waals surface area contributed by atoms with Gasteiger partial charge in [0.05, 0.1) is 12.1 Å². The van der Waals surface area contributed by atoms with Gasteiger partial charge in [0.2, 0.25) is 0 Å². The number of thiazole rings is 1. The van der Waals surface area contributed by atoms with Gasteiger partial charge in [-0.05, 0) is 17.7 Å². The van der Waals surface area contributed by atoms with Crippen molar-refractivity contribution in [2.75, 3.05) is 5.32 Å². The van der Waals surface area contributed by atoms with Gasteiger partial charge in [-0.15, -0.1) is 11.3 Å². The summed E-state index contributed by atoms with van der Waals surface area (Å²) in [4.78, 5) is 14.6. The number of hydrogen-bond acceptors (Lipinski definition) is 4. The van der Waals surface area contributed by atoms with E-state index in [4.69, 9.17) is 5.11 Å². The molecule has 2 N–H and O–H groups in total. The van der Waals surface area contributed by atoms with Crippen LogP contribution in [0.3, 0.4) is 0 Å². The van der Waals surface area contributed by atoms with Crippen LogP contribution < -0.4 is 5.32 Å². The van der Waals surface area contributed by atoms with Gasteiger partial charge in [0, 0.05) is 11.9 Å². The summed E-state index contributed by atoms with van der Waals surface area (Å²) in [5.74, 6) is -2.73. The smallest absolute Gasteiger partial charge is 0.309 e. The average Bonchev–Trinajstić information content (AvgIpc) is 2.77. The first-order valence-corrected chi connectivity index (χ1v) is 6.26. The number of carbonyl (C=O) groups is 1. The van der Waals surface area contributed by atoms with Crippen LogP contribution in [0.15, 0.2) is 23.6 Å². The SMILES string of the molecule is O=C(O)Cc1csc(NCc2ccc(F)c(F)c2)n1. The fraction of sp³-hybridized carbons (Fsp3) is 0.167. The molecule has 0 amide bonds. The number of rotatable bonds is 5. The molecular weight excluding hydrogens is 274 g/mol. The van der Waals surface area contributed by atoms with Crippen LogP contribution in [-0.4, -0.2) is 16.1 Å². The first-order chi connectivity index (χ1) is 9.04. The van der Waals surface area contributed by atoms with Crippen molar-refractivity contribution in [3.8, 4) is 0 Å².